The number of rotatable bonds is 2. The summed E-state index contributed by atoms with van der Waals surface area (Å²) in [5.41, 5.74) is 5.47. The lowest BCUT2D eigenvalue weighted by Crippen LogP contribution is -2.61. The molecule has 0 N–H and O–H groups in total. The van der Waals surface area contributed by atoms with E-state index in [0.717, 1.165) is 50.0 Å². The van der Waals surface area contributed by atoms with Gasteiger partial charge in [0.1, 0.15) is 5.69 Å². The van der Waals surface area contributed by atoms with E-state index in [2.05, 4.69) is 77.1 Å². The zero-order valence-corrected chi connectivity index (χ0v) is 21.3. The van der Waals surface area contributed by atoms with E-state index in [9.17, 15) is 5.26 Å². The molecule has 2 aliphatic rings. The maximum Gasteiger partial charge on any atom is 0.228 e. The molecule has 4 aromatic rings. The molecule has 0 saturated carbocycles. The molecule has 1 aromatic heterocycles. The summed E-state index contributed by atoms with van der Waals surface area (Å²) in [4.78, 5) is 11.9. The van der Waals surface area contributed by atoms with Crippen LogP contribution in [0.2, 0.25) is 0 Å². The van der Waals surface area contributed by atoms with Crippen LogP contribution in [-0.4, -0.2) is 24.0 Å². The van der Waals surface area contributed by atoms with Crippen molar-refractivity contribution in [2.24, 2.45) is 4.99 Å². The molecule has 1 atom stereocenters. The summed E-state index contributed by atoms with van der Waals surface area (Å²) in [6, 6.07) is 22.6. The van der Waals surface area contributed by atoms with Gasteiger partial charge in [-0.3, -0.25) is 9.98 Å². The van der Waals surface area contributed by atoms with Crippen molar-refractivity contribution in [3.05, 3.63) is 93.6 Å². The van der Waals surface area contributed by atoms with Gasteiger partial charge in [0.25, 0.3) is 0 Å². The number of aromatic nitrogens is 1. The molecule has 1 unspecified atom stereocenters. The molecule has 5 nitrogen and oxygen atoms in total. The second kappa shape index (κ2) is 7.66. The maximum absolute atomic E-state index is 9.48. The Labute approximate surface area is 212 Å². The van der Waals surface area contributed by atoms with Crippen molar-refractivity contribution in [3.8, 4) is 11.8 Å². The van der Waals surface area contributed by atoms with Crippen LogP contribution in [0.5, 0.6) is 5.75 Å². The fourth-order valence-corrected chi connectivity index (χ4v) is 5.76. The van der Waals surface area contributed by atoms with Crippen molar-refractivity contribution < 1.29 is 4.74 Å². The minimum Gasteiger partial charge on any atom is -0.459 e. The summed E-state index contributed by atoms with van der Waals surface area (Å²) in [5.74, 6) is 0.723. The van der Waals surface area contributed by atoms with Gasteiger partial charge in [-0.2, -0.15) is 5.26 Å². The Bertz CT molecular complexity index is 1570. The molecular weight excluding hydrogens is 500 g/mol. The Hall–Kier alpha value is -3.69. The molecule has 35 heavy (non-hydrogen) atoms. The van der Waals surface area contributed by atoms with Gasteiger partial charge in [0.15, 0.2) is 5.75 Å². The number of benzene rings is 3. The molecule has 0 saturated heterocycles. The number of fused-ring (bicyclic) bond motifs is 4. The van der Waals surface area contributed by atoms with Crippen LogP contribution in [0, 0.1) is 11.3 Å². The molecule has 0 amide bonds. The largest absolute Gasteiger partial charge is 0.459 e. The predicted octanol–water partition coefficient (Wildman–Crippen LogP) is 6.68. The number of likely N-dealkylation sites (N-methyl/N-ethyl adjacent to an activating group) is 1. The van der Waals surface area contributed by atoms with Crippen LogP contribution in [0.15, 0.2) is 76.3 Å². The predicted molar refractivity (Wildman–Crippen MR) is 143 cm³/mol. The number of nitrogens with zero attached hydrogens (tertiary/aromatic N) is 4. The van der Waals surface area contributed by atoms with Gasteiger partial charge in [-0.1, -0.05) is 30.3 Å². The fourth-order valence-electron chi connectivity index (χ4n) is 5.43. The number of pyridine rings is 1. The minimum absolute atomic E-state index is 0.459. The standard InChI is InChI=1S/C29H23BrN4O/c1-28(2)23-12-19(15-31)9-10-25(23)34(3)29(28)17-33-24-13-20(11-18-7-5-4-6-8-18)26-22(27(24)35-29)14-21(30)16-32-26/h4-10,12-14,16-17H,11H2,1-3H3. The first kappa shape index (κ1) is 21.8. The first-order valence-corrected chi connectivity index (χ1v) is 12.3. The molecule has 3 heterocycles. The van der Waals surface area contributed by atoms with Crippen molar-refractivity contribution in [1.82, 2.24) is 4.98 Å². The van der Waals surface area contributed by atoms with Crippen molar-refractivity contribution in [2.45, 2.75) is 31.4 Å². The highest BCUT2D eigenvalue weighted by atomic mass is 79.9. The summed E-state index contributed by atoms with van der Waals surface area (Å²) in [7, 11) is 2.02. The second-order valence-electron chi connectivity index (χ2n) is 9.68. The Morgan fingerprint density at radius 1 is 1.09 bits per heavy atom. The Morgan fingerprint density at radius 3 is 2.66 bits per heavy atom. The third-order valence-corrected chi connectivity index (χ3v) is 7.81. The van der Waals surface area contributed by atoms with Gasteiger partial charge in [-0.15, -0.1) is 0 Å². The SMILES string of the molecule is CN1c2ccc(C#N)cc2C(C)(C)C12C=Nc1cc(Cc3ccccc3)c3ncc(Br)cc3c1O2. The first-order chi connectivity index (χ1) is 16.8. The molecule has 6 rings (SSSR count). The van der Waals surface area contributed by atoms with Crippen LogP contribution in [0.4, 0.5) is 11.4 Å². The number of halogens is 1. The van der Waals surface area contributed by atoms with Crippen LogP contribution in [0.3, 0.4) is 0 Å². The van der Waals surface area contributed by atoms with E-state index in [1.165, 1.54) is 5.56 Å². The Balaban J connectivity index is 1.53. The van der Waals surface area contributed by atoms with E-state index in [-0.39, 0.29) is 0 Å². The number of hydrogen-bond acceptors (Lipinski definition) is 5. The molecule has 172 valence electrons. The van der Waals surface area contributed by atoms with Gasteiger partial charge in [-0.05, 0) is 83.2 Å². The van der Waals surface area contributed by atoms with Crippen LogP contribution in [-0.2, 0) is 11.8 Å². The first-order valence-electron chi connectivity index (χ1n) is 11.5. The summed E-state index contributed by atoms with van der Waals surface area (Å²) in [6.07, 6.45) is 4.51. The van der Waals surface area contributed by atoms with E-state index < -0.39 is 11.1 Å². The van der Waals surface area contributed by atoms with Gasteiger partial charge < -0.3 is 9.64 Å². The molecule has 1 spiro atoms. The second-order valence-corrected chi connectivity index (χ2v) is 10.6. The lowest BCUT2D eigenvalue weighted by atomic mass is 9.77. The third-order valence-electron chi connectivity index (χ3n) is 7.37. The monoisotopic (exact) mass is 522 g/mol. The van der Waals surface area contributed by atoms with E-state index in [4.69, 9.17) is 14.7 Å². The van der Waals surface area contributed by atoms with Gasteiger partial charge in [0.05, 0.1) is 28.8 Å². The summed E-state index contributed by atoms with van der Waals surface area (Å²) in [5, 5.41) is 10.4. The third kappa shape index (κ3) is 3.11. The molecular formula is C29H23BrN4O. The number of nitriles is 1. The zero-order valence-electron chi connectivity index (χ0n) is 19.7. The highest BCUT2D eigenvalue weighted by Gasteiger charge is 2.58. The molecule has 0 fully saturated rings. The zero-order chi connectivity index (χ0) is 24.4. The number of ether oxygens (including phenoxy) is 1. The Kier molecular flexibility index (Phi) is 4.77. The van der Waals surface area contributed by atoms with E-state index in [0.29, 0.717) is 5.56 Å². The molecule has 0 aliphatic carbocycles. The molecule has 0 bridgehead atoms. The van der Waals surface area contributed by atoms with Gasteiger partial charge in [-0.25, -0.2) is 0 Å². The van der Waals surface area contributed by atoms with Crippen molar-refractivity contribution >= 4 is 44.4 Å². The smallest absolute Gasteiger partial charge is 0.228 e. The van der Waals surface area contributed by atoms with Crippen molar-refractivity contribution in [3.63, 3.8) is 0 Å². The molecule has 0 radical (unpaired) electrons. The Morgan fingerprint density at radius 2 is 1.89 bits per heavy atom. The molecule has 2 aliphatic heterocycles. The minimum atomic E-state index is -0.841. The van der Waals surface area contributed by atoms with Crippen LogP contribution >= 0.6 is 15.9 Å². The van der Waals surface area contributed by atoms with Crippen LogP contribution < -0.4 is 9.64 Å². The van der Waals surface area contributed by atoms with Crippen molar-refractivity contribution in [1.29, 1.82) is 5.26 Å². The lowest BCUT2D eigenvalue weighted by Gasteiger charge is -2.45. The highest BCUT2D eigenvalue weighted by molar-refractivity contribution is 9.10. The normalized spacial score (nSPS) is 19.3. The number of aliphatic imine (C=N–C) groups is 1. The summed E-state index contributed by atoms with van der Waals surface area (Å²) in [6.45, 7) is 4.29. The lowest BCUT2D eigenvalue weighted by molar-refractivity contribution is 0.0842. The topological polar surface area (TPSA) is 61.5 Å². The van der Waals surface area contributed by atoms with E-state index >= 15 is 0 Å². The van der Waals surface area contributed by atoms with Crippen LogP contribution in [0.1, 0.15) is 36.1 Å². The summed E-state index contributed by atoms with van der Waals surface area (Å²) < 4.78 is 7.86. The molecule has 6 heteroatoms. The maximum atomic E-state index is 9.48. The van der Waals surface area contributed by atoms with Crippen LogP contribution in [0.25, 0.3) is 10.9 Å². The van der Waals surface area contributed by atoms with Gasteiger partial charge >= 0.3 is 0 Å². The average Bonchev–Trinajstić information content (AvgIpc) is 3.02. The van der Waals surface area contributed by atoms with Crippen molar-refractivity contribution in [2.75, 3.05) is 11.9 Å². The van der Waals surface area contributed by atoms with E-state index in [1.807, 2.05) is 43.7 Å². The van der Waals surface area contributed by atoms with E-state index in [1.54, 1.807) is 0 Å². The quantitative estimate of drug-likeness (QED) is 0.294. The highest BCUT2D eigenvalue weighted by Crippen LogP contribution is 2.55. The van der Waals surface area contributed by atoms with Gasteiger partial charge in [0.2, 0.25) is 5.72 Å². The molecule has 3 aromatic carbocycles. The average molecular weight is 523 g/mol. The van der Waals surface area contributed by atoms with Gasteiger partial charge in [0, 0.05) is 28.8 Å². The summed E-state index contributed by atoms with van der Waals surface area (Å²) >= 11 is 3.60. The fraction of sp³-hybridized carbons (Fsp3) is 0.207. The number of anilines is 1. The number of hydrogen-bond donors (Lipinski definition) is 0.